The molecule has 0 saturated carbocycles. The first kappa shape index (κ1) is 22.7. The predicted molar refractivity (Wildman–Crippen MR) is 123 cm³/mol. The molecule has 0 aromatic heterocycles. The summed E-state index contributed by atoms with van der Waals surface area (Å²) < 4.78 is 22.0. The summed E-state index contributed by atoms with van der Waals surface area (Å²) >= 11 is 0. The fourth-order valence-corrected chi connectivity index (χ4v) is 2.88. The zero-order chi connectivity index (χ0) is 22.8. The minimum Gasteiger partial charge on any atom is -0.493 e. The zero-order valence-electron chi connectivity index (χ0n) is 18.3. The maximum Gasteiger partial charge on any atom is 0.280 e. The maximum absolute atomic E-state index is 12.3. The van der Waals surface area contributed by atoms with Crippen molar-refractivity contribution in [2.45, 2.75) is 19.6 Å². The number of hydrogen-bond acceptors (Lipinski definition) is 6. The van der Waals surface area contributed by atoms with Crippen molar-refractivity contribution in [1.82, 2.24) is 5.43 Å². The largest absolute Gasteiger partial charge is 0.493 e. The number of methoxy groups -OCH3 is 2. The summed E-state index contributed by atoms with van der Waals surface area (Å²) in [5.41, 5.74) is 4.24. The molecule has 0 spiro atoms. The van der Waals surface area contributed by atoms with E-state index < -0.39 is 6.10 Å². The molecule has 32 heavy (non-hydrogen) atoms. The molecule has 7 nitrogen and oxygen atoms in total. The third-order valence-corrected chi connectivity index (χ3v) is 4.57. The van der Waals surface area contributed by atoms with Gasteiger partial charge in [0.2, 0.25) is 0 Å². The summed E-state index contributed by atoms with van der Waals surface area (Å²) in [5.74, 6) is 2.00. The van der Waals surface area contributed by atoms with Gasteiger partial charge in [-0.25, -0.2) is 5.43 Å². The van der Waals surface area contributed by atoms with E-state index in [-0.39, 0.29) is 5.91 Å². The van der Waals surface area contributed by atoms with Crippen molar-refractivity contribution in [3.63, 3.8) is 0 Å². The molecule has 1 N–H and O–H groups in total. The SMILES string of the molecule is COc1cccc(/C=N/NC(=O)C(C)Oc2ccc(OCc3ccccc3)cc2)c1OC. The van der Waals surface area contributed by atoms with E-state index in [1.165, 1.54) is 6.21 Å². The standard InChI is InChI=1S/C25H26N2O5/c1-18(25(28)27-26-16-20-10-7-11-23(29-2)24(20)30-3)32-22-14-12-21(13-15-22)31-17-19-8-5-4-6-9-19/h4-16,18H,17H2,1-3H3,(H,27,28)/b26-16+. The van der Waals surface area contributed by atoms with Crippen LogP contribution >= 0.6 is 0 Å². The van der Waals surface area contributed by atoms with Gasteiger partial charge in [-0.05, 0) is 48.9 Å². The third kappa shape index (κ3) is 6.25. The molecule has 166 valence electrons. The van der Waals surface area contributed by atoms with E-state index in [1.807, 2.05) is 36.4 Å². The van der Waals surface area contributed by atoms with Gasteiger partial charge in [-0.2, -0.15) is 5.10 Å². The molecule has 0 heterocycles. The van der Waals surface area contributed by atoms with Crippen molar-refractivity contribution in [2.24, 2.45) is 5.10 Å². The molecule has 3 rings (SSSR count). The lowest BCUT2D eigenvalue weighted by Gasteiger charge is -2.14. The molecule has 3 aromatic carbocycles. The molecule has 0 aliphatic heterocycles. The van der Waals surface area contributed by atoms with Gasteiger partial charge >= 0.3 is 0 Å². The van der Waals surface area contributed by atoms with Crippen LogP contribution in [0.15, 0.2) is 77.9 Å². The number of carbonyl (C=O) groups excluding carboxylic acids is 1. The molecule has 1 unspecified atom stereocenters. The second kappa shape index (κ2) is 11.4. The van der Waals surface area contributed by atoms with Crippen molar-refractivity contribution in [3.8, 4) is 23.0 Å². The van der Waals surface area contributed by atoms with Crippen molar-refractivity contribution >= 4 is 12.1 Å². The molecule has 3 aromatic rings. The maximum atomic E-state index is 12.3. The van der Waals surface area contributed by atoms with Crippen LogP contribution in [0.5, 0.6) is 23.0 Å². The van der Waals surface area contributed by atoms with Gasteiger partial charge in [0.25, 0.3) is 5.91 Å². The highest BCUT2D eigenvalue weighted by atomic mass is 16.5. The first-order valence-electron chi connectivity index (χ1n) is 10.1. The van der Waals surface area contributed by atoms with Crippen molar-refractivity contribution in [1.29, 1.82) is 0 Å². The molecule has 0 aliphatic rings. The van der Waals surface area contributed by atoms with E-state index in [4.69, 9.17) is 18.9 Å². The Bertz CT molecular complexity index is 1040. The van der Waals surface area contributed by atoms with Crippen LogP contribution in [0.1, 0.15) is 18.1 Å². The molecule has 0 radical (unpaired) electrons. The van der Waals surface area contributed by atoms with E-state index in [2.05, 4.69) is 10.5 Å². The smallest absolute Gasteiger partial charge is 0.280 e. The minimum absolute atomic E-state index is 0.382. The number of benzene rings is 3. The van der Waals surface area contributed by atoms with Gasteiger partial charge in [-0.1, -0.05) is 36.4 Å². The quantitative estimate of drug-likeness (QED) is 0.382. The second-order valence-electron chi connectivity index (χ2n) is 6.82. The Morgan fingerprint density at radius 3 is 2.34 bits per heavy atom. The van der Waals surface area contributed by atoms with Crippen molar-refractivity contribution in [3.05, 3.63) is 83.9 Å². The van der Waals surface area contributed by atoms with Crippen molar-refractivity contribution < 1.29 is 23.7 Å². The third-order valence-electron chi connectivity index (χ3n) is 4.57. The molecule has 0 aliphatic carbocycles. The average molecular weight is 434 g/mol. The molecule has 7 heteroatoms. The van der Waals surface area contributed by atoms with Crippen LogP contribution in [0, 0.1) is 0 Å². The van der Waals surface area contributed by atoms with E-state index >= 15 is 0 Å². The number of hydrazone groups is 1. The Morgan fingerprint density at radius 1 is 0.938 bits per heavy atom. The fraction of sp³-hybridized carbons (Fsp3) is 0.200. The molecule has 0 saturated heterocycles. The fourth-order valence-electron chi connectivity index (χ4n) is 2.88. The average Bonchev–Trinajstić information content (AvgIpc) is 2.83. The highest BCUT2D eigenvalue weighted by Gasteiger charge is 2.14. The number of para-hydroxylation sites is 1. The van der Waals surface area contributed by atoms with Crippen LogP contribution in [-0.2, 0) is 11.4 Å². The van der Waals surface area contributed by atoms with Crippen LogP contribution < -0.4 is 24.4 Å². The number of amides is 1. The number of hydrogen-bond donors (Lipinski definition) is 1. The van der Waals surface area contributed by atoms with E-state index in [0.717, 1.165) is 11.3 Å². The van der Waals surface area contributed by atoms with E-state index in [9.17, 15) is 4.79 Å². The molecular formula is C25H26N2O5. The molecule has 0 bridgehead atoms. The van der Waals surface area contributed by atoms with Gasteiger partial charge in [-0.15, -0.1) is 0 Å². The number of nitrogens with one attached hydrogen (secondary N) is 1. The lowest BCUT2D eigenvalue weighted by atomic mass is 10.2. The van der Waals surface area contributed by atoms with Gasteiger partial charge in [0.15, 0.2) is 17.6 Å². The van der Waals surface area contributed by atoms with Gasteiger partial charge in [0, 0.05) is 5.56 Å². The predicted octanol–water partition coefficient (Wildman–Crippen LogP) is 4.20. The normalized spacial score (nSPS) is 11.6. The molecule has 1 amide bonds. The Kier molecular flexibility index (Phi) is 8.09. The summed E-state index contributed by atoms with van der Waals surface area (Å²) in [6.45, 7) is 2.13. The number of rotatable bonds is 10. The van der Waals surface area contributed by atoms with E-state index in [0.29, 0.717) is 29.4 Å². The summed E-state index contributed by atoms with van der Waals surface area (Å²) in [7, 11) is 3.10. The molecule has 0 fully saturated rings. The van der Waals surface area contributed by atoms with Crippen molar-refractivity contribution in [2.75, 3.05) is 14.2 Å². The summed E-state index contributed by atoms with van der Waals surface area (Å²) in [6.07, 6.45) is 0.751. The van der Waals surface area contributed by atoms with Gasteiger partial charge in [0.1, 0.15) is 18.1 Å². The molecular weight excluding hydrogens is 408 g/mol. The summed E-state index contributed by atoms with van der Waals surface area (Å²) in [4.78, 5) is 12.3. The van der Waals surface area contributed by atoms with Crippen LogP contribution in [0.2, 0.25) is 0 Å². The Morgan fingerprint density at radius 2 is 1.66 bits per heavy atom. The van der Waals surface area contributed by atoms with Gasteiger partial charge < -0.3 is 18.9 Å². The van der Waals surface area contributed by atoms with Crippen LogP contribution in [-0.4, -0.2) is 32.4 Å². The van der Waals surface area contributed by atoms with Crippen LogP contribution in [0.4, 0.5) is 0 Å². The lowest BCUT2D eigenvalue weighted by molar-refractivity contribution is -0.127. The first-order chi connectivity index (χ1) is 15.6. The Balaban J connectivity index is 1.50. The second-order valence-corrected chi connectivity index (χ2v) is 6.82. The van der Waals surface area contributed by atoms with E-state index in [1.54, 1.807) is 57.5 Å². The number of ether oxygens (including phenoxy) is 4. The minimum atomic E-state index is -0.740. The van der Waals surface area contributed by atoms with Crippen LogP contribution in [0.25, 0.3) is 0 Å². The summed E-state index contributed by atoms with van der Waals surface area (Å²) in [6, 6.07) is 22.4. The first-order valence-corrected chi connectivity index (χ1v) is 10.1. The highest BCUT2D eigenvalue weighted by molar-refractivity contribution is 5.87. The highest BCUT2D eigenvalue weighted by Crippen LogP contribution is 2.29. The van der Waals surface area contributed by atoms with Gasteiger partial charge in [-0.3, -0.25) is 4.79 Å². The molecule has 1 atom stereocenters. The number of nitrogens with zero attached hydrogens (tertiary/aromatic N) is 1. The van der Waals surface area contributed by atoms with Gasteiger partial charge in [0.05, 0.1) is 20.4 Å². The number of carbonyl (C=O) groups is 1. The van der Waals surface area contributed by atoms with Crippen LogP contribution in [0.3, 0.4) is 0 Å². The Hall–Kier alpha value is -4.00. The monoisotopic (exact) mass is 434 g/mol. The lowest BCUT2D eigenvalue weighted by Crippen LogP contribution is -2.33. The summed E-state index contributed by atoms with van der Waals surface area (Å²) in [5, 5.41) is 4.00. The topological polar surface area (TPSA) is 78.4 Å². The Labute approximate surface area is 187 Å². The zero-order valence-corrected chi connectivity index (χ0v) is 18.3.